The summed E-state index contributed by atoms with van der Waals surface area (Å²) in [5.74, 6) is 0.348. The van der Waals surface area contributed by atoms with Crippen LogP contribution in [0.15, 0.2) is 70.6 Å². The molecule has 1 aromatic heterocycles. The number of nitrogens with zero attached hydrogens (tertiary/aromatic N) is 2. The van der Waals surface area contributed by atoms with E-state index in [0.717, 1.165) is 17.3 Å². The van der Waals surface area contributed by atoms with Gasteiger partial charge in [-0.25, -0.2) is 21.6 Å². The molecule has 3 N–H and O–H groups in total. The van der Waals surface area contributed by atoms with Crippen LogP contribution in [0.25, 0.3) is 10.9 Å². The van der Waals surface area contributed by atoms with Crippen molar-refractivity contribution in [1.29, 1.82) is 0 Å². The Morgan fingerprint density at radius 1 is 1.10 bits per heavy atom. The lowest BCUT2D eigenvalue weighted by Crippen LogP contribution is -2.47. The van der Waals surface area contributed by atoms with E-state index in [1.165, 1.54) is 23.5 Å². The number of ether oxygens (including phenoxy) is 2. The number of aliphatic hydroxyl groups excluding tert-OH is 1. The summed E-state index contributed by atoms with van der Waals surface area (Å²) in [7, 11) is -5.87. The minimum absolute atomic E-state index is 0.00751. The lowest BCUT2D eigenvalue weighted by atomic mass is 9.88. The molecule has 1 spiro atoms. The van der Waals surface area contributed by atoms with Gasteiger partial charge in [0.1, 0.15) is 18.5 Å². The first kappa shape index (κ1) is 28.9. The molecular weight excluding hydrogens is 556 g/mol. The molecule has 40 heavy (non-hydrogen) atoms. The Hall–Kier alpha value is -2.65. The molecule has 0 saturated carbocycles. The first-order chi connectivity index (χ1) is 19.1. The molecule has 1 unspecified atom stereocenters. The zero-order valence-electron chi connectivity index (χ0n) is 22.2. The summed E-state index contributed by atoms with van der Waals surface area (Å²) in [6.07, 6.45) is 2.78. The summed E-state index contributed by atoms with van der Waals surface area (Å²) in [5, 5.41) is 14.5. The number of aliphatic hydroxyl groups is 1. The molecule has 0 aliphatic carbocycles. The number of benzene rings is 2. The molecule has 0 radical (unpaired) electrons. The standard InChI is InChI=1S/C27H34N4O7S2/c1-28-39(33,34)24-6-2-5-23(15-24)37-19-22(32)17-30-21-16-27(38-18-21)9-12-31(13-10-27)40(35,36)25-7-8-26-20(14-25)4-3-11-29-26/h2-8,11,14-15,21-22,28,30,32H,9-10,12-13,16-19H2,1H3/t21-,22?/m0/s1. The van der Waals surface area contributed by atoms with Crippen LogP contribution in [0.4, 0.5) is 0 Å². The third-order valence-corrected chi connectivity index (χ3v) is 10.8. The lowest BCUT2D eigenvalue weighted by molar-refractivity contribution is -0.0312. The number of sulfonamides is 2. The Bertz CT molecular complexity index is 1560. The van der Waals surface area contributed by atoms with Gasteiger partial charge < -0.3 is 19.9 Å². The van der Waals surface area contributed by atoms with Gasteiger partial charge in [0.15, 0.2) is 0 Å². The summed E-state index contributed by atoms with van der Waals surface area (Å²) in [6, 6.07) is 14.8. The van der Waals surface area contributed by atoms with Gasteiger partial charge >= 0.3 is 0 Å². The van der Waals surface area contributed by atoms with Gasteiger partial charge in [-0.05, 0) is 62.7 Å². The molecule has 2 aliphatic heterocycles. The Morgan fingerprint density at radius 3 is 2.67 bits per heavy atom. The van der Waals surface area contributed by atoms with Crippen molar-refractivity contribution in [2.75, 3.05) is 39.9 Å². The maximum atomic E-state index is 13.3. The maximum Gasteiger partial charge on any atom is 0.243 e. The van der Waals surface area contributed by atoms with Gasteiger partial charge in [-0.2, -0.15) is 4.31 Å². The van der Waals surface area contributed by atoms with Crippen molar-refractivity contribution in [3.8, 4) is 5.75 Å². The molecule has 2 aliphatic rings. The molecule has 2 aromatic carbocycles. The minimum atomic E-state index is -3.63. The van der Waals surface area contributed by atoms with Gasteiger partial charge in [0, 0.05) is 43.3 Å². The molecule has 3 heterocycles. The van der Waals surface area contributed by atoms with Gasteiger partial charge in [0.25, 0.3) is 0 Å². The first-order valence-electron chi connectivity index (χ1n) is 13.2. The van der Waals surface area contributed by atoms with Crippen LogP contribution in [-0.2, 0) is 24.8 Å². The van der Waals surface area contributed by atoms with E-state index in [0.29, 0.717) is 38.3 Å². The summed E-state index contributed by atoms with van der Waals surface area (Å²) in [4.78, 5) is 4.61. The van der Waals surface area contributed by atoms with Crippen molar-refractivity contribution in [2.24, 2.45) is 0 Å². The van der Waals surface area contributed by atoms with Crippen molar-refractivity contribution in [3.63, 3.8) is 0 Å². The van der Waals surface area contributed by atoms with Crippen LogP contribution in [0.3, 0.4) is 0 Å². The van der Waals surface area contributed by atoms with Gasteiger partial charge in [0.2, 0.25) is 20.0 Å². The highest BCUT2D eigenvalue weighted by atomic mass is 32.2. The molecule has 2 fully saturated rings. The molecule has 0 bridgehead atoms. The van der Waals surface area contributed by atoms with Crippen molar-refractivity contribution < 1.29 is 31.4 Å². The number of pyridine rings is 1. The van der Waals surface area contributed by atoms with E-state index < -0.39 is 31.8 Å². The molecule has 216 valence electrons. The van der Waals surface area contributed by atoms with E-state index in [9.17, 15) is 21.9 Å². The molecule has 2 saturated heterocycles. The third kappa shape index (κ3) is 6.30. The molecule has 2 atom stereocenters. The van der Waals surface area contributed by atoms with Crippen LogP contribution >= 0.6 is 0 Å². The van der Waals surface area contributed by atoms with Gasteiger partial charge in [-0.15, -0.1) is 0 Å². The number of hydrogen-bond donors (Lipinski definition) is 3. The van der Waals surface area contributed by atoms with E-state index in [-0.39, 0.29) is 29.0 Å². The fourth-order valence-corrected chi connectivity index (χ4v) is 7.47. The molecule has 13 heteroatoms. The van der Waals surface area contributed by atoms with Crippen LogP contribution in [0.1, 0.15) is 19.3 Å². The number of aromatic nitrogens is 1. The summed E-state index contributed by atoms with van der Waals surface area (Å²) in [5.41, 5.74) is 0.361. The summed E-state index contributed by atoms with van der Waals surface area (Å²) < 4.78 is 66.1. The Kier molecular flexibility index (Phi) is 8.43. The Labute approximate surface area is 234 Å². The third-order valence-electron chi connectivity index (χ3n) is 7.52. The lowest BCUT2D eigenvalue weighted by Gasteiger charge is -2.38. The highest BCUT2D eigenvalue weighted by Gasteiger charge is 2.44. The van der Waals surface area contributed by atoms with E-state index in [1.54, 1.807) is 42.6 Å². The number of rotatable bonds is 10. The number of nitrogens with one attached hydrogen (secondary N) is 2. The van der Waals surface area contributed by atoms with Crippen LogP contribution in [-0.4, -0.2) is 88.9 Å². The van der Waals surface area contributed by atoms with Crippen molar-refractivity contribution in [2.45, 2.75) is 46.8 Å². The molecule has 3 aromatic rings. The highest BCUT2D eigenvalue weighted by molar-refractivity contribution is 7.89. The minimum Gasteiger partial charge on any atom is -0.491 e. The normalized spacial score (nSPS) is 20.6. The van der Waals surface area contributed by atoms with Crippen LogP contribution in [0, 0.1) is 0 Å². The van der Waals surface area contributed by atoms with E-state index in [2.05, 4.69) is 15.0 Å². The average molecular weight is 591 g/mol. The van der Waals surface area contributed by atoms with Crippen LogP contribution in [0.5, 0.6) is 5.75 Å². The summed E-state index contributed by atoms with van der Waals surface area (Å²) in [6.45, 7) is 1.49. The van der Waals surface area contributed by atoms with Crippen molar-refractivity contribution >= 4 is 30.9 Å². The van der Waals surface area contributed by atoms with E-state index in [1.807, 2.05) is 6.07 Å². The second-order valence-electron chi connectivity index (χ2n) is 10.2. The molecule has 11 nitrogen and oxygen atoms in total. The van der Waals surface area contributed by atoms with E-state index in [4.69, 9.17) is 9.47 Å². The topological polar surface area (TPSA) is 147 Å². The second-order valence-corrected chi connectivity index (χ2v) is 14.0. The predicted octanol–water partition coefficient (Wildman–Crippen LogP) is 1.48. The van der Waals surface area contributed by atoms with Gasteiger partial charge in [-0.3, -0.25) is 4.98 Å². The second kappa shape index (κ2) is 11.7. The van der Waals surface area contributed by atoms with Crippen molar-refractivity contribution in [1.82, 2.24) is 19.3 Å². The molecule has 5 rings (SSSR count). The zero-order chi connectivity index (χ0) is 28.4. The predicted molar refractivity (Wildman–Crippen MR) is 149 cm³/mol. The van der Waals surface area contributed by atoms with Crippen LogP contribution < -0.4 is 14.8 Å². The SMILES string of the molecule is CNS(=O)(=O)c1cccc(OCC(O)CN[C@@H]2COC3(CCN(S(=O)(=O)c4ccc5ncccc5c4)CC3)C2)c1. The summed E-state index contributed by atoms with van der Waals surface area (Å²) >= 11 is 0. The quantitative estimate of drug-likeness (QED) is 0.319. The Balaban J connectivity index is 1.09. The van der Waals surface area contributed by atoms with Gasteiger partial charge in [0.05, 0.1) is 27.5 Å². The fourth-order valence-electron chi connectivity index (χ4n) is 5.22. The van der Waals surface area contributed by atoms with E-state index >= 15 is 0 Å². The zero-order valence-corrected chi connectivity index (χ0v) is 23.8. The fraction of sp³-hybridized carbons (Fsp3) is 0.444. The van der Waals surface area contributed by atoms with Crippen molar-refractivity contribution in [3.05, 3.63) is 60.8 Å². The average Bonchev–Trinajstić information content (AvgIpc) is 3.37. The largest absolute Gasteiger partial charge is 0.491 e. The smallest absolute Gasteiger partial charge is 0.243 e. The van der Waals surface area contributed by atoms with Crippen LogP contribution in [0.2, 0.25) is 0 Å². The molecular formula is C27H34N4O7S2. The first-order valence-corrected chi connectivity index (χ1v) is 16.1. The number of fused-ring (bicyclic) bond motifs is 1. The number of piperidine rings is 1. The molecule has 0 amide bonds. The monoisotopic (exact) mass is 590 g/mol. The number of hydrogen-bond acceptors (Lipinski definition) is 9. The maximum absolute atomic E-state index is 13.3. The van der Waals surface area contributed by atoms with Gasteiger partial charge in [-0.1, -0.05) is 12.1 Å². The Morgan fingerprint density at radius 2 is 1.90 bits per heavy atom. The highest BCUT2D eigenvalue weighted by Crippen LogP contribution is 2.37.